The number of piperidine rings is 2. The van der Waals surface area contributed by atoms with Gasteiger partial charge in [-0.1, -0.05) is 30.3 Å². The van der Waals surface area contributed by atoms with Gasteiger partial charge in [-0.25, -0.2) is 4.79 Å². The van der Waals surface area contributed by atoms with E-state index in [-0.39, 0.29) is 12.1 Å². The molecule has 2 aliphatic heterocycles. The van der Waals surface area contributed by atoms with E-state index in [2.05, 4.69) is 29.6 Å². The first-order valence-corrected chi connectivity index (χ1v) is 10.6. The summed E-state index contributed by atoms with van der Waals surface area (Å²) in [7, 11) is 0. The number of benzene rings is 1. The Hall–Kier alpha value is -2.57. The summed E-state index contributed by atoms with van der Waals surface area (Å²) < 4.78 is 5.00. The highest BCUT2D eigenvalue weighted by molar-refractivity contribution is 6.35. The lowest BCUT2D eigenvalue weighted by Gasteiger charge is -2.33. The largest absolute Gasteiger partial charge is 0.450 e. The van der Waals surface area contributed by atoms with Crippen LogP contribution in [-0.2, 0) is 20.7 Å². The monoisotopic (exact) mass is 401 g/mol. The van der Waals surface area contributed by atoms with Crippen molar-refractivity contribution in [3.63, 3.8) is 0 Å². The minimum atomic E-state index is -0.527. The van der Waals surface area contributed by atoms with Crippen LogP contribution in [0.15, 0.2) is 30.3 Å². The van der Waals surface area contributed by atoms with Crippen LogP contribution in [0.4, 0.5) is 4.79 Å². The van der Waals surface area contributed by atoms with Gasteiger partial charge in [-0.3, -0.25) is 9.59 Å². The molecule has 0 radical (unpaired) electrons. The van der Waals surface area contributed by atoms with Crippen molar-refractivity contribution in [2.24, 2.45) is 5.92 Å². The SMILES string of the molecule is CCOC(=O)N1CCC(NC(=O)C(=O)N2CCC(Cc3ccccc3)CC2)CC1. The molecule has 29 heavy (non-hydrogen) atoms. The van der Waals surface area contributed by atoms with E-state index >= 15 is 0 Å². The number of carbonyl (C=O) groups excluding carboxylic acids is 3. The van der Waals surface area contributed by atoms with Crippen LogP contribution in [0.1, 0.15) is 38.2 Å². The van der Waals surface area contributed by atoms with E-state index in [1.165, 1.54) is 5.56 Å². The van der Waals surface area contributed by atoms with Gasteiger partial charge in [-0.05, 0) is 50.5 Å². The van der Waals surface area contributed by atoms with E-state index in [1.54, 1.807) is 16.7 Å². The van der Waals surface area contributed by atoms with Crippen LogP contribution in [-0.4, -0.2) is 66.5 Å². The van der Waals surface area contributed by atoms with Crippen molar-refractivity contribution >= 4 is 17.9 Å². The number of nitrogens with one attached hydrogen (secondary N) is 1. The Labute approximate surface area is 172 Å². The molecule has 158 valence electrons. The summed E-state index contributed by atoms with van der Waals surface area (Å²) in [5.74, 6) is -0.409. The van der Waals surface area contributed by atoms with Crippen molar-refractivity contribution in [2.45, 2.75) is 45.1 Å². The van der Waals surface area contributed by atoms with Crippen LogP contribution in [0.25, 0.3) is 0 Å². The molecule has 0 aromatic heterocycles. The molecule has 3 amide bonds. The molecule has 1 aromatic carbocycles. The lowest BCUT2D eigenvalue weighted by molar-refractivity contribution is -0.147. The maximum absolute atomic E-state index is 12.5. The highest BCUT2D eigenvalue weighted by Crippen LogP contribution is 2.22. The molecule has 0 bridgehead atoms. The van der Waals surface area contributed by atoms with E-state index in [0.29, 0.717) is 51.5 Å². The number of nitrogens with zero attached hydrogens (tertiary/aromatic N) is 2. The predicted molar refractivity (Wildman–Crippen MR) is 109 cm³/mol. The Morgan fingerprint density at radius 1 is 0.966 bits per heavy atom. The van der Waals surface area contributed by atoms with Gasteiger partial charge < -0.3 is 19.9 Å². The van der Waals surface area contributed by atoms with Gasteiger partial charge in [-0.2, -0.15) is 0 Å². The van der Waals surface area contributed by atoms with Crippen molar-refractivity contribution in [2.75, 3.05) is 32.8 Å². The van der Waals surface area contributed by atoms with Gasteiger partial charge in [0.2, 0.25) is 0 Å². The molecule has 0 spiro atoms. The number of hydrogen-bond acceptors (Lipinski definition) is 4. The molecule has 3 rings (SSSR count). The maximum atomic E-state index is 12.5. The Morgan fingerprint density at radius 3 is 2.21 bits per heavy atom. The second kappa shape index (κ2) is 10.3. The number of carbonyl (C=O) groups is 3. The van der Waals surface area contributed by atoms with Crippen LogP contribution in [0.3, 0.4) is 0 Å². The topological polar surface area (TPSA) is 79.0 Å². The van der Waals surface area contributed by atoms with Crippen LogP contribution in [0.2, 0.25) is 0 Å². The molecular weight excluding hydrogens is 370 g/mol. The van der Waals surface area contributed by atoms with Gasteiger partial charge in [0.25, 0.3) is 0 Å². The van der Waals surface area contributed by atoms with E-state index < -0.39 is 11.8 Å². The van der Waals surface area contributed by atoms with Gasteiger partial charge in [0.05, 0.1) is 6.61 Å². The fourth-order valence-electron chi connectivity index (χ4n) is 4.10. The van der Waals surface area contributed by atoms with Gasteiger partial charge in [-0.15, -0.1) is 0 Å². The van der Waals surface area contributed by atoms with Gasteiger partial charge in [0.1, 0.15) is 0 Å². The molecule has 0 aliphatic carbocycles. The van der Waals surface area contributed by atoms with Crippen LogP contribution < -0.4 is 5.32 Å². The Bertz CT molecular complexity index is 693. The third-order valence-corrected chi connectivity index (χ3v) is 5.82. The summed E-state index contributed by atoms with van der Waals surface area (Å²) >= 11 is 0. The van der Waals surface area contributed by atoms with Crippen LogP contribution in [0, 0.1) is 5.92 Å². The number of hydrogen-bond donors (Lipinski definition) is 1. The zero-order chi connectivity index (χ0) is 20.6. The van der Waals surface area contributed by atoms with Gasteiger partial charge in [0.15, 0.2) is 0 Å². The van der Waals surface area contributed by atoms with Crippen LogP contribution in [0.5, 0.6) is 0 Å². The van der Waals surface area contributed by atoms with Gasteiger partial charge in [0, 0.05) is 32.2 Å². The third-order valence-electron chi connectivity index (χ3n) is 5.82. The van der Waals surface area contributed by atoms with Crippen molar-refractivity contribution in [3.8, 4) is 0 Å². The molecule has 2 heterocycles. The van der Waals surface area contributed by atoms with Crippen molar-refractivity contribution in [3.05, 3.63) is 35.9 Å². The maximum Gasteiger partial charge on any atom is 0.409 e. The summed E-state index contributed by atoms with van der Waals surface area (Å²) in [6, 6.07) is 10.3. The highest BCUT2D eigenvalue weighted by Gasteiger charge is 2.30. The molecule has 0 atom stereocenters. The Morgan fingerprint density at radius 2 is 1.59 bits per heavy atom. The second-order valence-electron chi connectivity index (χ2n) is 7.86. The lowest BCUT2D eigenvalue weighted by Crippen LogP contribution is -2.52. The summed E-state index contributed by atoms with van der Waals surface area (Å²) in [5, 5.41) is 2.85. The third kappa shape index (κ3) is 5.95. The number of ether oxygens (including phenoxy) is 1. The minimum Gasteiger partial charge on any atom is -0.450 e. The number of amides is 3. The first kappa shape index (κ1) is 21.1. The normalized spacial score (nSPS) is 18.4. The lowest BCUT2D eigenvalue weighted by atomic mass is 9.90. The molecular formula is C22H31N3O4. The smallest absolute Gasteiger partial charge is 0.409 e. The molecule has 0 unspecified atom stereocenters. The van der Waals surface area contributed by atoms with Gasteiger partial charge >= 0.3 is 17.9 Å². The quantitative estimate of drug-likeness (QED) is 0.785. The standard InChI is InChI=1S/C22H31N3O4/c1-2-29-22(28)25-14-10-19(11-15-25)23-20(26)21(27)24-12-8-18(9-13-24)16-17-6-4-3-5-7-17/h3-7,18-19H,2,8-16H2,1H3,(H,23,26). The predicted octanol–water partition coefficient (Wildman–Crippen LogP) is 2.20. The molecule has 1 aromatic rings. The highest BCUT2D eigenvalue weighted by atomic mass is 16.6. The van der Waals surface area contributed by atoms with Crippen LogP contribution >= 0.6 is 0 Å². The molecule has 2 fully saturated rings. The average molecular weight is 402 g/mol. The average Bonchev–Trinajstić information content (AvgIpc) is 2.75. The van der Waals surface area contributed by atoms with Crippen molar-refractivity contribution in [1.29, 1.82) is 0 Å². The summed E-state index contributed by atoms with van der Waals surface area (Å²) in [5.41, 5.74) is 1.32. The van der Waals surface area contributed by atoms with Crippen molar-refractivity contribution in [1.82, 2.24) is 15.1 Å². The van der Waals surface area contributed by atoms with E-state index in [1.807, 2.05) is 6.07 Å². The molecule has 1 N–H and O–H groups in total. The first-order chi connectivity index (χ1) is 14.1. The van der Waals surface area contributed by atoms with E-state index in [4.69, 9.17) is 4.74 Å². The number of rotatable bonds is 4. The number of likely N-dealkylation sites (tertiary alicyclic amines) is 2. The fraction of sp³-hybridized carbons (Fsp3) is 0.591. The summed E-state index contributed by atoms with van der Waals surface area (Å²) in [6.45, 7) is 4.45. The zero-order valence-corrected chi connectivity index (χ0v) is 17.1. The Balaban J connectivity index is 1.39. The van der Waals surface area contributed by atoms with E-state index in [9.17, 15) is 14.4 Å². The molecule has 2 aliphatic rings. The molecule has 7 nitrogen and oxygen atoms in total. The molecule has 7 heteroatoms. The fourth-order valence-corrected chi connectivity index (χ4v) is 4.10. The zero-order valence-electron chi connectivity index (χ0n) is 17.1. The molecule has 2 saturated heterocycles. The minimum absolute atomic E-state index is 0.0762. The Kier molecular flexibility index (Phi) is 7.49. The van der Waals surface area contributed by atoms with E-state index in [0.717, 1.165) is 19.3 Å². The molecule has 0 saturated carbocycles. The first-order valence-electron chi connectivity index (χ1n) is 10.6. The van der Waals surface area contributed by atoms with Crippen molar-refractivity contribution < 1.29 is 19.1 Å². The summed E-state index contributed by atoms with van der Waals surface area (Å²) in [6.07, 6.45) is 3.83. The second-order valence-corrected chi connectivity index (χ2v) is 7.86. The summed E-state index contributed by atoms with van der Waals surface area (Å²) in [4.78, 5) is 40.0.